The molecule has 0 unspecified atom stereocenters. The number of Topliss-reactive ketones (excluding diaryl/α,β-unsaturated/α-hetero) is 1. The van der Waals surface area contributed by atoms with Gasteiger partial charge in [0.2, 0.25) is 0 Å². The Hall–Kier alpha value is -1.20. The lowest BCUT2D eigenvalue weighted by molar-refractivity contribution is -0.119. The van der Waals surface area contributed by atoms with Gasteiger partial charge in [-0.3, -0.25) is 9.69 Å². The van der Waals surface area contributed by atoms with E-state index in [2.05, 4.69) is 22.1 Å². The zero-order valence-electron chi connectivity index (χ0n) is 11.1. The maximum absolute atomic E-state index is 12.0. The fourth-order valence-corrected chi connectivity index (χ4v) is 2.34. The SMILES string of the molecule is CCn1ccnc1CC(=O)CN1CCCNCC1. The van der Waals surface area contributed by atoms with Gasteiger partial charge in [0.25, 0.3) is 0 Å². The Kier molecular flexibility index (Phi) is 4.90. The molecule has 0 bridgehead atoms. The number of hydrogen-bond acceptors (Lipinski definition) is 4. The third kappa shape index (κ3) is 3.65. The lowest BCUT2D eigenvalue weighted by Crippen LogP contribution is -2.34. The molecule has 1 N–H and O–H groups in total. The van der Waals surface area contributed by atoms with Crippen molar-refractivity contribution in [2.24, 2.45) is 0 Å². The van der Waals surface area contributed by atoms with Gasteiger partial charge >= 0.3 is 0 Å². The second-order valence-corrected chi connectivity index (χ2v) is 4.72. The first-order valence-corrected chi connectivity index (χ1v) is 6.74. The molecule has 0 saturated carbocycles. The van der Waals surface area contributed by atoms with E-state index in [4.69, 9.17) is 0 Å². The van der Waals surface area contributed by atoms with Crippen molar-refractivity contribution in [2.75, 3.05) is 32.7 Å². The number of nitrogens with zero attached hydrogens (tertiary/aromatic N) is 3. The summed E-state index contributed by atoms with van der Waals surface area (Å²) in [6.07, 6.45) is 5.27. The molecule has 100 valence electrons. The van der Waals surface area contributed by atoms with Crippen molar-refractivity contribution < 1.29 is 4.79 Å². The van der Waals surface area contributed by atoms with E-state index >= 15 is 0 Å². The second kappa shape index (κ2) is 6.66. The molecule has 0 spiro atoms. The van der Waals surface area contributed by atoms with Crippen molar-refractivity contribution >= 4 is 5.78 Å². The second-order valence-electron chi connectivity index (χ2n) is 4.72. The summed E-state index contributed by atoms with van der Waals surface area (Å²) in [6.45, 7) is 7.52. The number of nitrogens with one attached hydrogen (secondary N) is 1. The molecule has 1 aromatic heterocycles. The number of rotatable bonds is 5. The number of aromatic nitrogens is 2. The zero-order chi connectivity index (χ0) is 12.8. The molecule has 18 heavy (non-hydrogen) atoms. The fourth-order valence-electron chi connectivity index (χ4n) is 2.34. The van der Waals surface area contributed by atoms with Gasteiger partial charge in [-0.25, -0.2) is 4.98 Å². The molecule has 5 nitrogen and oxygen atoms in total. The summed E-state index contributed by atoms with van der Waals surface area (Å²) in [5.41, 5.74) is 0. The minimum absolute atomic E-state index is 0.262. The van der Waals surface area contributed by atoms with Gasteiger partial charge in [-0.15, -0.1) is 0 Å². The van der Waals surface area contributed by atoms with E-state index in [1.165, 1.54) is 0 Å². The van der Waals surface area contributed by atoms with Crippen molar-refractivity contribution in [3.63, 3.8) is 0 Å². The van der Waals surface area contributed by atoms with Crippen LogP contribution in [0.5, 0.6) is 0 Å². The Morgan fingerprint density at radius 2 is 2.33 bits per heavy atom. The quantitative estimate of drug-likeness (QED) is 0.817. The summed E-state index contributed by atoms with van der Waals surface area (Å²) in [7, 11) is 0. The molecular formula is C13H22N4O. The molecule has 1 saturated heterocycles. The summed E-state index contributed by atoms with van der Waals surface area (Å²) in [5.74, 6) is 1.15. The van der Waals surface area contributed by atoms with Gasteiger partial charge in [-0.2, -0.15) is 0 Å². The van der Waals surface area contributed by atoms with Crippen LogP contribution in [0.3, 0.4) is 0 Å². The largest absolute Gasteiger partial charge is 0.335 e. The highest BCUT2D eigenvalue weighted by atomic mass is 16.1. The number of aryl methyl sites for hydroxylation is 1. The van der Waals surface area contributed by atoms with Crippen molar-refractivity contribution in [2.45, 2.75) is 26.3 Å². The summed E-state index contributed by atoms with van der Waals surface area (Å²) in [5, 5.41) is 3.34. The minimum atomic E-state index is 0.262. The Bertz CT molecular complexity index is 380. The van der Waals surface area contributed by atoms with Crippen LogP contribution in [0.1, 0.15) is 19.2 Å². The predicted molar refractivity (Wildman–Crippen MR) is 70.5 cm³/mol. The van der Waals surface area contributed by atoms with Crippen LogP contribution in [-0.4, -0.2) is 53.0 Å². The summed E-state index contributed by atoms with van der Waals surface area (Å²) < 4.78 is 2.03. The van der Waals surface area contributed by atoms with Crippen molar-refractivity contribution in [3.8, 4) is 0 Å². The molecule has 0 amide bonds. The van der Waals surface area contributed by atoms with Crippen molar-refractivity contribution in [3.05, 3.63) is 18.2 Å². The van der Waals surface area contributed by atoms with E-state index < -0.39 is 0 Å². The normalized spacial score (nSPS) is 17.6. The highest BCUT2D eigenvalue weighted by Gasteiger charge is 2.14. The van der Waals surface area contributed by atoms with E-state index in [-0.39, 0.29) is 5.78 Å². The lowest BCUT2D eigenvalue weighted by atomic mass is 10.2. The van der Waals surface area contributed by atoms with Crippen LogP contribution in [0.15, 0.2) is 12.4 Å². The molecule has 1 aromatic rings. The molecule has 2 rings (SSSR count). The van der Waals surface area contributed by atoms with Crippen LogP contribution >= 0.6 is 0 Å². The predicted octanol–water partition coefficient (Wildman–Crippen LogP) is 0.310. The molecule has 1 aliphatic heterocycles. The molecule has 2 heterocycles. The molecule has 0 atom stereocenters. The van der Waals surface area contributed by atoms with E-state index in [0.29, 0.717) is 13.0 Å². The van der Waals surface area contributed by atoms with Crippen LogP contribution in [0.25, 0.3) is 0 Å². The third-order valence-electron chi connectivity index (χ3n) is 3.33. The van der Waals surface area contributed by atoms with Gasteiger partial charge in [-0.1, -0.05) is 0 Å². The standard InChI is InChI=1S/C13H22N4O/c1-2-17-9-6-15-13(17)10-12(18)11-16-7-3-4-14-5-8-16/h6,9,14H,2-5,7-8,10-11H2,1H3. The van der Waals surface area contributed by atoms with E-state index in [0.717, 1.165) is 45.0 Å². The Morgan fingerprint density at radius 3 is 3.17 bits per heavy atom. The Morgan fingerprint density at radius 1 is 1.44 bits per heavy atom. The van der Waals surface area contributed by atoms with Crippen molar-refractivity contribution in [1.82, 2.24) is 19.8 Å². The molecular weight excluding hydrogens is 228 g/mol. The van der Waals surface area contributed by atoms with Crippen molar-refractivity contribution in [1.29, 1.82) is 0 Å². The van der Waals surface area contributed by atoms with Gasteiger partial charge in [-0.05, 0) is 26.4 Å². The summed E-state index contributed by atoms with van der Waals surface area (Å²) in [4.78, 5) is 18.5. The maximum Gasteiger partial charge on any atom is 0.154 e. The molecule has 0 aromatic carbocycles. The van der Waals surface area contributed by atoms with Gasteiger partial charge in [0, 0.05) is 32.0 Å². The third-order valence-corrected chi connectivity index (χ3v) is 3.33. The molecule has 0 radical (unpaired) electrons. The number of imidazole rings is 1. The van der Waals surface area contributed by atoms with Crippen LogP contribution in [0, 0.1) is 0 Å². The smallest absolute Gasteiger partial charge is 0.154 e. The maximum atomic E-state index is 12.0. The highest BCUT2D eigenvalue weighted by molar-refractivity contribution is 5.82. The van der Waals surface area contributed by atoms with Gasteiger partial charge in [0.15, 0.2) is 5.78 Å². The summed E-state index contributed by atoms with van der Waals surface area (Å²) in [6, 6.07) is 0. The highest BCUT2D eigenvalue weighted by Crippen LogP contribution is 2.02. The molecule has 0 aliphatic carbocycles. The van der Waals surface area contributed by atoms with E-state index in [9.17, 15) is 4.79 Å². The Labute approximate surface area is 108 Å². The van der Waals surface area contributed by atoms with E-state index in [1.807, 2.05) is 10.8 Å². The lowest BCUT2D eigenvalue weighted by Gasteiger charge is -2.18. The fraction of sp³-hybridized carbons (Fsp3) is 0.692. The average Bonchev–Trinajstić information content (AvgIpc) is 2.64. The van der Waals surface area contributed by atoms with Crippen LogP contribution in [-0.2, 0) is 17.8 Å². The van der Waals surface area contributed by atoms with Gasteiger partial charge in [0.1, 0.15) is 5.82 Å². The average molecular weight is 250 g/mol. The first-order chi connectivity index (χ1) is 8.79. The monoisotopic (exact) mass is 250 g/mol. The van der Waals surface area contributed by atoms with Crippen LogP contribution < -0.4 is 5.32 Å². The number of hydrogen-bond donors (Lipinski definition) is 1. The molecule has 1 aliphatic rings. The van der Waals surface area contributed by atoms with Gasteiger partial charge < -0.3 is 9.88 Å². The van der Waals surface area contributed by atoms with Crippen LogP contribution in [0.4, 0.5) is 0 Å². The van der Waals surface area contributed by atoms with Crippen LogP contribution in [0.2, 0.25) is 0 Å². The zero-order valence-corrected chi connectivity index (χ0v) is 11.1. The number of carbonyl (C=O) groups is 1. The number of carbonyl (C=O) groups excluding carboxylic acids is 1. The molecule has 1 fully saturated rings. The minimum Gasteiger partial charge on any atom is -0.335 e. The first kappa shape index (κ1) is 13.2. The van der Waals surface area contributed by atoms with Gasteiger partial charge in [0.05, 0.1) is 13.0 Å². The first-order valence-electron chi connectivity index (χ1n) is 6.74. The molecule has 5 heteroatoms. The number of ketones is 1. The van der Waals surface area contributed by atoms with E-state index in [1.54, 1.807) is 6.20 Å². The summed E-state index contributed by atoms with van der Waals surface area (Å²) >= 11 is 0. The Balaban J connectivity index is 1.84. The topological polar surface area (TPSA) is 50.2 Å².